The predicted molar refractivity (Wildman–Crippen MR) is 78.4 cm³/mol. The third kappa shape index (κ3) is 2.16. The summed E-state index contributed by atoms with van der Waals surface area (Å²) in [5.74, 6) is 2.26. The first kappa shape index (κ1) is 13.0. The summed E-state index contributed by atoms with van der Waals surface area (Å²) in [7, 11) is 2.08. The van der Waals surface area contributed by atoms with Crippen molar-refractivity contribution in [1.29, 1.82) is 0 Å². The Morgan fingerprint density at radius 1 is 1.26 bits per heavy atom. The predicted octanol–water partition coefficient (Wildman–Crippen LogP) is 2.00. The molecule has 2 fully saturated rings. The molecule has 0 amide bonds. The van der Waals surface area contributed by atoms with E-state index >= 15 is 0 Å². The fourth-order valence-electron chi connectivity index (χ4n) is 4.20. The van der Waals surface area contributed by atoms with E-state index in [0.717, 1.165) is 24.1 Å². The fourth-order valence-corrected chi connectivity index (χ4v) is 4.20. The van der Waals surface area contributed by atoms with Gasteiger partial charge in [0.1, 0.15) is 5.82 Å². The van der Waals surface area contributed by atoms with Crippen LogP contribution in [0.1, 0.15) is 43.4 Å². The number of hydrogen-bond donors (Lipinski definition) is 1. The van der Waals surface area contributed by atoms with Gasteiger partial charge in [-0.2, -0.15) is 5.10 Å². The number of nitrogens with two attached hydrogens (primary N) is 1. The zero-order chi connectivity index (χ0) is 13.4. The van der Waals surface area contributed by atoms with Gasteiger partial charge in [-0.1, -0.05) is 6.42 Å². The smallest absolute Gasteiger partial charge is 0.130 e. The molecule has 2 atom stereocenters. The second kappa shape index (κ2) is 5.16. The van der Waals surface area contributed by atoms with Crippen LogP contribution in [0.2, 0.25) is 0 Å². The summed E-state index contributed by atoms with van der Waals surface area (Å²) in [6, 6.07) is 0.750. The molecule has 106 valence electrons. The van der Waals surface area contributed by atoms with Gasteiger partial charge in [0.15, 0.2) is 0 Å². The van der Waals surface area contributed by atoms with E-state index in [9.17, 15) is 0 Å². The fraction of sp³-hybridized carbons (Fsp3) is 0.800. The lowest BCUT2D eigenvalue weighted by atomic mass is 9.91. The summed E-state index contributed by atoms with van der Waals surface area (Å²) in [5, 5.41) is 4.64. The van der Waals surface area contributed by atoms with Gasteiger partial charge in [-0.15, -0.1) is 0 Å². The molecule has 4 nitrogen and oxygen atoms in total. The lowest BCUT2D eigenvalue weighted by Gasteiger charge is -2.39. The van der Waals surface area contributed by atoms with Gasteiger partial charge in [-0.25, -0.2) is 0 Å². The molecular weight excluding hydrogens is 236 g/mol. The van der Waals surface area contributed by atoms with Crippen molar-refractivity contribution < 1.29 is 0 Å². The van der Waals surface area contributed by atoms with E-state index in [0.29, 0.717) is 6.54 Å². The molecule has 1 saturated heterocycles. The molecule has 1 aromatic rings. The first-order valence-corrected chi connectivity index (χ1v) is 7.71. The van der Waals surface area contributed by atoms with Crippen LogP contribution in [0.25, 0.3) is 0 Å². The topological polar surface area (TPSA) is 47.1 Å². The minimum Gasteiger partial charge on any atom is -0.353 e. The summed E-state index contributed by atoms with van der Waals surface area (Å²) in [4.78, 5) is 2.64. The largest absolute Gasteiger partial charge is 0.353 e. The molecule has 1 aliphatic heterocycles. The molecule has 3 rings (SSSR count). The second-order valence-electron chi connectivity index (χ2n) is 6.14. The van der Waals surface area contributed by atoms with Crippen LogP contribution in [0.15, 0.2) is 0 Å². The van der Waals surface area contributed by atoms with Crippen molar-refractivity contribution in [1.82, 2.24) is 9.78 Å². The Balaban J connectivity index is 1.96. The first-order chi connectivity index (χ1) is 9.22. The van der Waals surface area contributed by atoms with Gasteiger partial charge in [0, 0.05) is 25.2 Å². The van der Waals surface area contributed by atoms with Gasteiger partial charge >= 0.3 is 0 Å². The van der Waals surface area contributed by atoms with Crippen LogP contribution < -0.4 is 10.6 Å². The average molecular weight is 262 g/mol. The van der Waals surface area contributed by atoms with Gasteiger partial charge in [0.2, 0.25) is 0 Å². The molecule has 0 bridgehead atoms. The third-order valence-corrected chi connectivity index (χ3v) is 4.97. The monoisotopic (exact) mass is 262 g/mol. The maximum Gasteiger partial charge on any atom is 0.130 e. The maximum absolute atomic E-state index is 5.79. The maximum atomic E-state index is 5.79. The average Bonchev–Trinajstić information content (AvgIpc) is 2.95. The number of aryl methyl sites for hydroxylation is 2. The number of fused-ring (bicyclic) bond motifs is 1. The van der Waals surface area contributed by atoms with Crippen LogP contribution in [0.5, 0.6) is 0 Å². The van der Waals surface area contributed by atoms with E-state index in [2.05, 4.69) is 28.7 Å². The Kier molecular flexibility index (Phi) is 3.52. The lowest BCUT2D eigenvalue weighted by molar-refractivity contribution is 0.357. The highest BCUT2D eigenvalue weighted by atomic mass is 15.4. The van der Waals surface area contributed by atoms with Crippen molar-refractivity contribution in [2.45, 2.75) is 51.5 Å². The molecule has 19 heavy (non-hydrogen) atoms. The van der Waals surface area contributed by atoms with Crippen molar-refractivity contribution in [2.24, 2.45) is 18.7 Å². The number of piperidine rings is 1. The number of aromatic nitrogens is 2. The third-order valence-electron chi connectivity index (χ3n) is 4.97. The van der Waals surface area contributed by atoms with Crippen LogP contribution in [0.4, 0.5) is 5.82 Å². The van der Waals surface area contributed by atoms with Crippen LogP contribution in [-0.2, 0) is 13.5 Å². The van der Waals surface area contributed by atoms with E-state index in [1.807, 2.05) is 0 Å². The molecule has 2 heterocycles. The Labute approximate surface area is 116 Å². The Bertz CT molecular complexity index is 451. The molecule has 2 N–H and O–H groups in total. The minimum absolute atomic E-state index is 0.710. The van der Waals surface area contributed by atoms with Crippen molar-refractivity contribution in [3.63, 3.8) is 0 Å². The molecule has 0 spiro atoms. The number of rotatable bonds is 3. The summed E-state index contributed by atoms with van der Waals surface area (Å²) < 4.78 is 2.08. The lowest BCUT2D eigenvalue weighted by Crippen LogP contribution is -2.44. The Morgan fingerprint density at radius 2 is 2.05 bits per heavy atom. The van der Waals surface area contributed by atoms with Crippen molar-refractivity contribution in [3.05, 3.63) is 11.3 Å². The zero-order valence-electron chi connectivity index (χ0n) is 12.2. The Morgan fingerprint density at radius 3 is 2.84 bits per heavy atom. The number of nitrogens with zero attached hydrogens (tertiary/aromatic N) is 3. The second-order valence-corrected chi connectivity index (χ2v) is 6.14. The minimum atomic E-state index is 0.710. The molecule has 1 aliphatic carbocycles. The van der Waals surface area contributed by atoms with Crippen molar-refractivity contribution in [3.8, 4) is 0 Å². The number of anilines is 1. The molecule has 0 radical (unpaired) electrons. The Hall–Kier alpha value is -1.03. The van der Waals surface area contributed by atoms with E-state index in [-0.39, 0.29) is 0 Å². The van der Waals surface area contributed by atoms with Crippen molar-refractivity contribution in [2.75, 3.05) is 18.0 Å². The summed E-state index contributed by atoms with van der Waals surface area (Å²) in [6.45, 7) is 4.02. The SMILES string of the molecule is Cc1nn(C)c(N2CCCC3CCCC32)c1CCN. The van der Waals surface area contributed by atoms with E-state index < -0.39 is 0 Å². The number of hydrogen-bond acceptors (Lipinski definition) is 3. The standard InChI is InChI=1S/C15H26N4/c1-11-13(8-9-16)15(18(2)17-11)19-10-4-6-12-5-3-7-14(12)19/h12,14H,3-10,16H2,1-2H3. The normalized spacial score (nSPS) is 26.8. The first-order valence-electron chi connectivity index (χ1n) is 7.71. The van der Waals surface area contributed by atoms with Gasteiger partial charge in [0.05, 0.1) is 5.69 Å². The highest BCUT2D eigenvalue weighted by molar-refractivity contribution is 5.52. The van der Waals surface area contributed by atoms with E-state index in [4.69, 9.17) is 5.73 Å². The highest BCUT2D eigenvalue weighted by Gasteiger charge is 2.37. The summed E-state index contributed by atoms with van der Waals surface area (Å²) >= 11 is 0. The van der Waals surface area contributed by atoms with Crippen LogP contribution in [0, 0.1) is 12.8 Å². The molecule has 1 saturated carbocycles. The molecular formula is C15H26N4. The quantitative estimate of drug-likeness (QED) is 0.906. The van der Waals surface area contributed by atoms with Crippen molar-refractivity contribution >= 4 is 5.82 Å². The van der Waals surface area contributed by atoms with E-state index in [1.165, 1.54) is 50.0 Å². The van der Waals surface area contributed by atoms with Crippen LogP contribution in [-0.4, -0.2) is 28.9 Å². The molecule has 2 aliphatic rings. The summed E-state index contributed by atoms with van der Waals surface area (Å²) in [5.41, 5.74) is 8.32. The van der Waals surface area contributed by atoms with Gasteiger partial charge in [-0.05, 0) is 51.5 Å². The van der Waals surface area contributed by atoms with Gasteiger partial charge in [0.25, 0.3) is 0 Å². The highest BCUT2D eigenvalue weighted by Crippen LogP contribution is 2.40. The molecule has 1 aromatic heterocycles. The van der Waals surface area contributed by atoms with Gasteiger partial charge in [-0.3, -0.25) is 4.68 Å². The molecule has 2 unspecified atom stereocenters. The van der Waals surface area contributed by atoms with E-state index in [1.54, 1.807) is 0 Å². The zero-order valence-corrected chi connectivity index (χ0v) is 12.2. The molecule has 4 heteroatoms. The summed E-state index contributed by atoms with van der Waals surface area (Å²) in [6.07, 6.45) is 7.87. The van der Waals surface area contributed by atoms with Gasteiger partial charge < -0.3 is 10.6 Å². The van der Waals surface area contributed by atoms with Crippen LogP contribution in [0.3, 0.4) is 0 Å². The van der Waals surface area contributed by atoms with Crippen LogP contribution >= 0.6 is 0 Å². The molecule has 0 aromatic carbocycles.